The highest BCUT2D eigenvalue weighted by Crippen LogP contribution is 2.28. The molecule has 8 heteroatoms. The zero-order chi connectivity index (χ0) is 20.5. The van der Waals surface area contributed by atoms with Crippen LogP contribution in [-0.4, -0.2) is 29.6 Å². The third kappa shape index (κ3) is 3.73. The molecule has 29 heavy (non-hydrogen) atoms. The molecule has 1 N–H and O–H groups in total. The number of aromatic nitrogens is 1. The number of aryl methyl sites for hydroxylation is 1. The maximum absolute atomic E-state index is 14.0. The van der Waals surface area contributed by atoms with Crippen LogP contribution in [0.3, 0.4) is 0 Å². The molecule has 0 saturated carbocycles. The molecule has 4 rings (SSSR count). The molecule has 0 radical (unpaired) electrons. The fourth-order valence-corrected chi connectivity index (χ4v) is 3.54. The van der Waals surface area contributed by atoms with Crippen LogP contribution in [0.4, 0.5) is 10.1 Å². The summed E-state index contributed by atoms with van der Waals surface area (Å²) in [7, 11) is 0. The van der Waals surface area contributed by atoms with Gasteiger partial charge < -0.3 is 14.7 Å². The number of hydrogen-bond acceptors (Lipinski definition) is 4. The number of amides is 2. The summed E-state index contributed by atoms with van der Waals surface area (Å²) in [4.78, 5) is 26.6. The molecule has 1 aliphatic rings. The van der Waals surface area contributed by atoms with Crippen LogP contribution < -0.4 is 10.2 Å². The predicted molar refractivity (Wildman–Crippen MR) is 106 cm³/mol. The van der Waals surface area contributed by atoms with Crippen LogP contribution in [0.15, 0.2) is 53.1 Å². The number of carbonyl (C=O) groups excluding carboxylic acids is 2. The number of rotatable bonds is 4. The van der Waals surface area contributed by atoms with E-state index in [0.717, 1.165) is 0 Å². The van der Waals surface area contributed by atoms with Crippen LogP contribution in [0.2, 0.25) is 5.02 Å². The Labute approximate surface area is 171 Å². The highest BCUT2D eigenvalue weighted by atomic mass is 35.5. The van der Waals surface area contributed by atoms with Crippen molar-refractivity contribution in [1.29, 1.82) is 0 Å². The van der Waals surface area contributed by atoms with Crippen LogP contribution in [0.5, 0.6) is 0 Å². The molecule has 1 aromatic heterocycles. The van der Waals surface area contributed by atoms with Gasteiger partial charge in [-0.15, -0.1) is 0 Å². The highest BCUT2D eigenvalue weighted by molar-refractivity contribution is 6.30. The predicted octanol–water partition coefficient (Wildman–Crippen LogP) is 3.98. The van der Waals surface area contributed by atoms with E-state index in [2.05, 4.69) is 10.5 Å². The summed E-state index contributed by atoms with van der Waals surface area (Å²) >= 11 is 5.92. The molecular weight excluding hydrogens is 397 g/mol. The Bertz CT molecular complexity index is 1080. The van der Waals surface area contributed by atoms with Gasteiger partial charge in [0, 0.05) is 23.6 Å². The average molecular weight is 414 g/mol. The average Bonchev–Trinajstić information content (AvgIpc) is 3.25. The standard InChI is InChI=1S/C21H17ClFN3O3/c1-12-19(20(25-29-12)13-6-8-14(22)9-7-13)21(28)24-15-10-18(27)26(11-15)17-5-3-2-4-16(17)23/h2-9,15H,10-11H2,1H3,(H,24,28)/t15-/m1/s1. The maximum Gasteiger partial charge on any atom is 0.257 e. The van der Waals surface area contributed by atoms with E-state index in [0.29, 0.717) is 27.6 Å². The van der Waals surface area contributed by atoms with Gasteiger partial charge in [0.1, 0.15) is 22.8 Å². The van der Waals surface area contributed by atoms with Gasteiger partial charge in [-0.1, -0.05) is 41.0 Å². The summed E-state index contributed by atoms with van der Waals surface area (Å²) in [6, 6.07) is 12.5. The van der Waals surface area contributed by atoms with Crippen molar-refractivity contribution in [2.45, 2.75) is 19.4 Å². The van der Waals surface area contributed by atoms with E-state index in [-0.39, 0.29) is 24.6 Å². The van der Waals surface area contributed by atoms with Gasteiger partial charge in [-0.3, -0.25) is 9.59 Å². The van der Waals surface area contributed by atoms with Crippen LogP contribution in [-0.2, 0) is 4.79 Å². The van der Waals surface area contributed by atoms with Gasteiger partial charge in [-0.2, -0.15) is 0 Å². The fraction of sp³-hybridized carbons (Fsp3) is 0.190. The molecule has 1 fully saturated rings. The van der Waals surface area contributed by atoms with Gasteiger partial charge in [-0.25, -0.2) is 4.39 Å². The second kappa shape index (κ2) is 7.67. The minimum atomic E-state index is -0.479. The second-order valence-corrected chi connectivity index (χ2v) is 7.24. The highest BCUT2D eigenvalue weighted by Gasteiger charge is 2.34. The van der Waals surface area contributed by atoms with E-state index in [9.17, 15) is 14.0 Å². The van der Waals surface area contributed by atoms with E-state index in [1.807, 2.05) is 0 Å². The first-order chi connectivity index (χ1) is 13.9. The molecule has 0 aliphatic carbocycles. The lowest BCUT2D eigenvalue weighted by Crippen LogP contribution is -2.37. The topological polar surface area (TPSA) is 75.4 Å². The number of para-hydroxylation sites is 1. The molecule has 2 heterocycles. The van der Waals surface area contributed by atoms with E-state index in [1.54, 1.807) is 49.4 Å². The Morgan fingerprint density at radius 1 is 1.24 bits per heavy atom. The quantitative estimate of drug-likeness (QED) is 0.702. The van der Waals surface area contributed by atoms with E-state index in [4.69, 9.17) is 16.1 Å². The maximum atomic E-state index is 14.0. The molecule has 6 nitrogen and oxygen atoms in total. The molecule has 0 bridgehead atoms. The Kier molecular flexibility index (Phi) is 5.07. The zero-order valence-corrected chi connectivity index (χ0v) is 16.2. The summed E-state index contributed by atoms with van der Waals surface area (Å²) in [5.41, 5.74) is 1.58. The molecule has 0 unspecified atom stereocenters. The monoisotopic (exact) mass is 413 g/mol. The molecule has 3 aromatic rings. The molecule has 2 aromatic carbocycles. The fourth-order valence-electron chi connectivity index (χ4n) is 3.41. The number of nitrogens with zero attached hydrogens (tertiary/aromatic N) is 2. The van der Waals surface area contributed by atoms with Crippen LogP contribution in [0.1, 0.15) is 22.5 Å². The van der Waals surface area contributed by atoms with Gasteiger partial charge in [0.2, 0.25) is 5.91 Å². The molecule has 148 valence electrons. The number of hydrogen-bond donors (Lipinski definition) is 1. The first-order valence-electron chi connectivity index (χ1n) is 9.02. The lowest BCUT2D eigenvalue weighted by atomic mass is 10.1. The SMILES string of the molecule is Cc1onc(-c2ccc(Cl)cc2)c1C(=O)N[C@@H]1CC(=O)N(c2ccccc2F)C1. The number of nitrogens with one attached hydrogen (secondary N) is 1. The van der Waals surface area contributed by atoms with E-state index in [1.165, 1.54) is 11.0 Å². The number of anilines is 1. The van der Waals surface area contributed by atoms with Crippen LogP contribution in [0, 0.1) is 12.7 Å². The summed E-state index contributed by atoms with van der Waals surface area (Å²) in [5, 5.41) is 7.41. The summed E-state index contributed by atoms with van der Waals surface area (Å²) in [6.45, 7) is 1.83. The third-order valence-corrected chi connectivity index (χ3v) is 5.06. The van der Waals surface area contributed by atoms with E-state index < -0.39 is 17.8 Å². The normalized spacial score (nSPS) is 16.3. The van der Waals surface area contributed by atoms with Gasteiger partial charge in [0.05, 0.1) is 11.7 Å². The van der Waals surface area contributed by atoms with Crippen molar-refractivity contribution < 1.29 is 18.5 Å². The smallest absolute Gasteiger partial charge is 0.257 e. The van der Waals surface area contributed by atoms with Crippen molar-refractivity contribution in [1.82, 2.24) is 10.5 Å². The van der Waals surface area contributed by atoms with Crippen LogP contribution >= 0.6 is 11.6 Å². The van der Waals surface area contributed by atoms with Crippen LogP contribution in [0.25, 0.3) is 11.3 Å². The lowest BCUT2D eigenvalue weighted by molar-refractivity contribution is -0.117. The van der Waals surface area contributed by atoms with Crippen molar-refractivity contribution in [2.24, 2.45) is 0 Å². The molecule has 0 spiro atoms. The van der Waals surface area contributed by atoms with Gasteiger partial charge >= 0.3 is 0 Å². The van der Waals surface area contributed by atoms with Crippen molar-refractivity contribution in [3.63, 3.8) is 0 Å². The summed E-state index contributed by atoms with van der Waals surface area (Å²) in [5.74, 6) is -0.766. The molecule has 1 saturated heterocycles. The van der Waals surface area contributed by atoms with Crippen molar-refractivity contribution in [3.05, 3.63) is 70.7 Å². The van der Waals surface area contributed by atoms with Crippen molar-refractivity contribution in [3.8, 4) is 11.3 Å². The lowest BCUT2D eigenvalue weighted by Gasteiger charge is -2.17. The largest absolute Gasteiger partial charge is 0.360 e. The molecule has 2 amide bonds. The Morgan fingerprint density at radius 2 is 1.97 bits per heavy atom. The Morgan fingerprint density at radius 3 is 2.69 bits per heavy atom. The number of carbonyl (C=O) groups is 2. The third-order valence-electron chi connectivity index (χ3n) is 4.81. The minimum absolute atomic E-state index is 0.0840. The second-order valence-electron chi connectivity index (χ2n) is 6.80. The summed E-state index contributed by atoms with van der Waals surface area (Å²) in [6.07, 6.45) is 0.0840. The van der Waals surface area contributed by atoms with Crippen molar-refractivity contribution >= 4 is 29.1 Å². The van der Waals surface area contributed by atoms with Gasteiger partial charge in [0.25, 0.3) is 5.91 Å². The Balaban J connectivity index is 1.54. The van der Waals surface area contributed by atoms with Gasteiger partial charge in [0.15, 0.2) is 0 Å². The number of halogens is 2. The van der Waals surface area contributed by atoms with Gasteiger partial charge in [-0.05, 0) is 31.2 Å². The first kappa shape index (κ1) is 19.1. The zero-order valence-electron chi connectivity index (χ0n) is 15.5. The number of benzene rings is 2. The first-order valence-corrected chi connectivity index (χ1v) is 9.40. The molecule has 1 atom stereocenters. The Hall–Kier alpha value is -3.19. The van der Waals surface area contributed by atoms with E-state index >= 15 is 0 Å². The van der Waals surface area contributed by atoms with Crippen molar-refractivity contribution in [2.75, 3.05) is 11.4 Å². The summed E-state index contributed by atoms with van der Waals surface area (Å²) < 4.78 is 19.3. The molecular formula is C21H17ClFN3O3. The minimum Gasteiger partial charge on any atom is -0.360 e. The molecule has 1 aliphatic heterocycles.